The zero-order chi connectivity index (χ0) is 14.1. The van der Waals surface area contributed by atoms with E-state index >= 15 is 0 Å². The molecule has 100 valence electrons. The minimum absolute atomic E-state index is 0.201. The summed E-state index contributed by atoms with van der Waals surface area (Å²) in [4.78, 5) is 29.9. The molecule has 20 heavy (non-hydrogen) atoms. The number of amides is 2. The second kappa shape index (κ2) is 4.86. The highest BCUT2D eigenvalue weighted by atomic mass is 16.2. The highest BCUT2D eigenvalue weighted by molar-refractivity contribution is 6.21. The predicted molar refractivity (Wildman–Crippen MR) is 72.8 cm³/mol. The lowest BCUT2D eigenvalue weighted by Gasteiger charge is -2.15. The summed E-state index contributed by atoms with van der Waals surface area (Å²) in [5.74, 6) is -0.533. The Morgan fingerprint density at radius 1 is 1.00 bits per heavy atom. The fourth-order valence-corrected chi connectivity index (χ4v) is 2.35. The standard InChI is InChI=1S/C15H13N3O2/c16-8-13-10(4-3-7-17-13)9-18-14(19)11-5-1-2-6-12(11)15(18)20/h1-7H,8-9,16H2. The van der Waals surface area contributed by atoms with Gasteiger partial charge in [-0.2, -0.15) is 0 Å². The highest BCUT2D eigenvalue weighted by Gasteiger charge is 2.35. The summed E-state index contributed by atoms with van der Waals surface area (Å²) in [5.41, 5.74) is 8.03. The van der Waals surface area contributed by atoms with Gasteiger partial charge in [0.25, 0.3) is 11.8 Å². The molecule has 2 heterocycles. The lowest BCUT2D eigenvalue weighted by atomic mass is 10.1. The Hall–Kier alpha value is -2.53. The van der Waals surface area contributed by atoms with Crippen LogP contribution in [0.5, 0.6) is 0 Å². The van der Waals surface area contributed by atoms with Gasteiger partial charge in [0, 0.05) is 12.7 Å². The van der Waals surface area contributed by atoms with Gasteiger partial charge in [0.05, 0.1) is 23.4 Å². The van der Waals surface area contributed by atoms with Gasteiger partial charge < -0.3 is 5.73 Å². The maximum atomic E-state index is 12.3. The van der Waals surface area contributed by atoms with E-state index in [2.05, 4.69) is 4.98 Å². The zero-order valence-electron chi connectivity index (χ0n) is 10.7. The second-order valence-corrected chi connectivity index (χ2v) is 4.56. The van der Waals surface area contributed by atoms with Crippen molar-refractivity contribution < 1.29 is 9.59 Å². The molecule has 0 saturated carbocycles. The van der Waals surface area contributed by atoms with Crippen LogP contribution in [0.2, 0.25) is 0 Å². The van der Waals surface area contributed by atoms with Gasteiger partial charge in [0.15, 0.2) is 0 Å². The number of nitrogens with two attached hydrogens (primary N) is 1. The Morgan fingerprint density at radius 3 is 2.25 bits per heavy atom. The van der Waals surface area contributed by atoms with Crippen LogP contribution in [0.3, 0.4) is 0 Å². The molecule has 0 spiro atoms. The smallest absolute Gasteiger partial charge is 0.261 e. The number of hydrogen-bond donors (Lipinski definition) is 1. The number of hydrogen-bond acceptors (Lipinski definition) is 4. The van der Waals surface area contributed by atoms with E-state index in [1.54, 1.807) is 36.5 Å². The molecular formula is C15H13N3O2. The van der Waals surface area contributed by atoms with Crippen molar-refractivity contribution in [3.63, 3.8) is 0 Å². The Morgan fingerprint density at radius 2 is 1.65 bits per heavy atom. The van der Waals surface area contributed by atoms with Crippen molar-refractivity contribution >= 4 is 11.8 Å². The molecule has 0 saturated heterocycles. The van der Waals surface area contributed by atoms with Crippen molar-refractivity contribution in [2.24, 2.45) is 5.73 Å². The first-order valence-electron chi connectivity index (χ1n) is 6.30. The van der Waals surface area contributed by atoms with Gasteiger partial charge in [-0.1, -0.05) is 18.2 Å². The monoisotopic (exact) mass is 267 g/mol. The lowest BCUT2D eigenvalue weighted by molar-refractivity contribution is 0.0642. The van der Waals surface area contributed by atoms with Crippen LogP contribution in [0.15, 0.2) is 42.6 Å². The van der Waals surface area contributed by atoms with E-state index in [1.807, 2.05) is 6.07 Å². The third-order valence-electron chi connectivity index (χ3n) is 3.38. The number of aromatic nitrogens is 1. The summed E-state index contributed by atoms with van der Waals surface area (Å²) in [6, 6.07) is 10.4. The predicted octanol–water partition coefficient (Wildman–Crippen LogP) is 1.34. The first-order chi connectivity index (χ1) is 9.72. The molecule has 2 N–H and O–H groups in total. The number of rotatable bonds is 3. The maximum absolute atomic E-state index is 12.3. The Bertz CT molecular complexity index is 662. The molecule has 1 aliphatic rings. The van der Waals surface area contributed by atoms with E-state index in [4.69, 9.17) is 5.73 Å². The maximum Gasteiger partial charge on any atom is 0.261 e. The summed E-state index contributed by atoms with van der Waals surface area (Å²) < 4.78 is 0. The van der Waals surface area contributed by atoms with Gasteiger partial charge >= 0.3 is 0 Å². The summed E-state index contributed by atoms with van der Waals surface area (Å²) in [6.07, 6.45) is 1.65. The molecule has 0 bridgehead atoms. The zero-order valence-corrected chi connectivity index (χ0v) is 10.7. The Balaban J connectivity index is 1.94. The molecule has 1 aromatic carbocycles. The normalized spacial score (nSPS) is 13.8. The molecule has 0 aliphatic carbocycles. The van der Waals surface area contributed by atoms with Crippen molar-refractivity contribution in [1.29, 1.82) is 0 Å². The summed E-state index contributed by atoms with van der Waals surface area (Å²) >= 11 is 0. The van der Waals surface area contributed by atoms with Crippen molar-refractivity contribution in [3.8, 4) is 0 Å². The summed E-state index contributed by atoms with van der Waals surface area (Å²) in [7, 11) is 0. The van der Waals surface area contributed by atoms with Crippen LogP contribution >= 0.6 is 0 Å². The van der Waals surface area contributed by atoms with E-state index in [-0.39, 0.29) is 24.9 Å². The quantitative estimate of drug-likeness (QED) is 0.851. The van der Waals surface area contributed by atoms with Crippen LogP contribution in [0.25, 0.3) is 0 Å². The summed E-state index contributed by atoms with van der Waals surface area (Å²) in [6.45, 7) is 0.478. The number of pyridine rings is 1. The molecule has 0 fully saturated rings. The van der Waals surface area contributed by atoms with Gasteiger partial charge in [0.1, 0.15) is 0 Å². The fraction of sp³-hybridized carbons (Fsp3) is 0.133. The van der Waals surface area contributed by atoms with Crippen molar-refractivity contribution in [2.45, 2.75) is 13.1 Å². The molecule has 0 unspecified atom stereocenters. The van der Waals surface area contributed by atoms with E-state index in [9.17, 15) is 9.59 Å². The van der Waals surface area contributed by atoms with Crippen LogP contribution in [0.4, 0.5) is 0 Å². The van der Waals surface area contributed by atoms with E-state index in [0.29, 0.717) is 16.8 Å². The average Bonchev–Trinajstić information content (AvgIpc) is 2.73. The number of fused-ring (bicyclic) bond motifs is 1. The van der Waals surface area contributed by atoms with Gasteiger partial charge in [-0.25, -0.2) is 0 Å². The number of imide groups is 1. The van der Waals surface area contributed by atoms with Gasteiger partial charge in [-0.05, 0) is 23.8 Å². The van der Waals surface area contributed by atoms with E-state index in [1.165, 1.54) is 4.90 Å². The molecule has 1 aromatic heterocycles. The Labute approximate surface area is 116 Å². The van der Waals surface area contributed by atoms with Crippen LogP contribution in [0.1, 0.15) is 32.0 Å². The topological polar surface area (TPSA) is 76.3 Å². The number of benzene rings is 1. The van der Waals surface area contributed by atoms with Gasteiger partial charge in [0.2, 0.25) is 0 Å². The average molecular weight is 267 g/mol. The third-order valence-corrected chi connectivity index (χ3v) is 3.38. The lowest BCUT2D eigenvalue weighted by Crippen LogP contribution is -2.29. The molecule has 5 heteroatoms. The largest absolute Gasteiger partial charge is 0.325 e. The van der Waals surface area contributed by atoms with Crippen LogP contribution in [0, 0.1) is 0 Å². The fourth-order valence-electron chi connectivity index (χ4n) is 2.35. The third kappa shape index (κ3) is 1.88. The second-order valence-electron chi connectivity index (χ2n) is 4.56. The Kier molecular flexibility index (Phi) is 3.04. The van der Waals surface area contributed by atoms with Crippen LogP contribution in [-0.4, -0.2) is 21.7 Å². The molecule has 3 rings (SSSR count). The van der Waals surface area contributed by atoms with Gasteiger partial charge in [-0.15, -0.1) is 0 Å². The number of nitrogens with zero attached hydrogens (tertiary/aromatic N) is 2. The van der Waals surface area contributed by atoms with Crippen LogP contribution in [-0.2, 0) is 13.1 Å². The SMILES string of the molecule is NCc1ncccc1CN1C(=O)c2ccccc2C1=O. The molecule has 1 aliphatic heterocycles. The van der Waals surface area contributed by atoms with E-state index < -0.39 is 0 Å². The van der Waals surface area contributed by atoms with E-state index in [0.717, 1.165) is 5.56 Å². The molecule has 0 atom stereocenters. The van der Waals surface area contributed by atoms with Crippen molar-refractivity contribution in [3.05, 3.63) is 65.0 Å². The van der Waals surface area contributed by atoms with Crippen molar-refractivity contribution in [1.82, 2.24) is 9.88 Å². The van der Waals surface area contributed by atoms with Gasteiger partial charge in [-0.3, -0.25) is 19.5 Å². The minimum Gasteiger partial charge on any atom is -0.325 e. The molecular weight excluding hydrogens is 254 g/mol. The molecule has 2 aromatic rings. The number of carbonyl (C=O) groups excluding carboxylic acids is 2. The molecule has 2 amide bonds. The molecule has 0 radical (unpaired) electrons. The first-order valence-corrected chi connectivity index (χ1v) is 6.30. The summed E-state index contributed by atoms with van der Waals surface area (Å²) in [5, 5.41) is 0. The van der Waals surface area contributed by atoms with Crippen LogP contribution < -0.4 is 5.73 Å². The molecule has 5 nitrogen and oxygen atoms in total. The minimum atomic E-state index is -0.266. The first kappa shape index (κ1) is 12.5. The highest BCUT2D eigenvalue weighted by Crippen LogP contribution is 2.24. The number of carbonyl (C=O) groups is 2. The van der Waals surface area contributed by atoms with Crippen molar-refractivity contribution in [2.75, 3.05) is 0 Å².